The second-order valence-corrected chi connectivity index (χ2v) is 6.04. The van der Waals surface area contributed by atoms with Crippen molar-refractivity contribution < 1.29 is 9.84 Å². The zero-order valence-corrected chi connectivity index (χ0v) is 14.4. The fraction of sp³-hybridized carbons (Fsp3) is 0.0952. The van der Waals surface area contributed by atoms with Crippen molar-refractivity contribution in [2.75, 3.05) is 12.4 Å². The number of benzene rings is 3. The van der Waals surface area contributed by atoms with E-state index in [0.717, 1.165) is 33.7 Å². The lowest BCUT2D eigenvalue weighted by molar-refractivity contribution is 0.414. The Morgan fingerprint density at radius 1 is 1.04 bits per heavy atom. The molecule has 4 rings (SSSR count). The number of aromatic hydroxyl groups is 1. The predicted molar refractivity (Wildman–Crippen MR) is 103 cm³/mol. The Morgan fingerprint density at radius 2 is 1.92 bits per heavy atom. The van der Waals surface area contributed by atoms with Gasteiger partial charge >= 0.3 is 0 Å². The molecule has 0 amide bonds. The minimum absolute atomic E-state index is 0.275. The van der Waals surface area contributed by atoms with Crippen LogP contribution in [0.3, 0.4) is 0 Å². The number of methoxy groups -OCH3 is 1. The van der Waals surface area contributed by atoms with Crippen molar-refractivity contribution >= 4 is 16.7 Å². The summed E-state index contributed by atoms with van der Waals surface area (Å²) in [5.74, 6) is 1.09. The van der Waals surface area contributed by atoms with Gasteiger partial charge in [-0.05, 0) is 48.0 Å². The Hall–Kier alpha value is -3.47. The second-order valence-electron chi connectivity index (χ2n) is 6.04. The molecule has 0 atom stereocenters. The van der Waals surface area contributed by atoms with Crippen LogP contribution in [0.1, 0.15) is 5.56 Å². The lowest BCUT2D eigenvalue weighted by Crippen LogP contribution is -1.99. The second kappa shape index (κ2) is 6.80. The number of nitrogens with one attached hydrogen (secondary N) is 1. The van der Waals surface area contributed by atoms with E-state index in [1.54, 1.807) is 19.2 Å². The zero-order valence-electron chi connectivity index (χ0n) is 14.4. The van der Waals surface area contributed by atoms with E-state index in [-0.39, 0.29) is 5.75 Å². The van der Waals surface area contributed by atoms with Gasteiger partial charge in [0.1, 0.15) is 17.8 Å². The van der Waals surface area contributed by atoms with Gasteiger partial charge in [-0.2, -0.15) is 0 Å². The molecule has 2 N–H and O–H groups in total. The molecule has 1 heterocycles. The largest absolute Gasteiger partial charge is 0.508 e. The topological polar surface area (TPSA) is 59.3 Å². The van der Waals surface area contributed by atoms with Crippen LogP contribution in [0.25, 0.3) is 16.7 Å². The highest BCUT2D eigenvalue weighted by molar-refractivity contribution is 5.81. The third-order valence-electron chi connectivity index (χ3n) is 4.29. The summed E-state index contributed by atoms with van der Waals surface area (Å²) in [5.41, 5.74) is 4.95. The average molecular weight is 345 g/mol. The molecule has 0 saturated heterocycles. The third-order valence-corrected chi connectivity index (χ3v) is 4.29. The first-order valence-electron chi connectivity index (χ1n) is 8.36. The fourth-order valence-corrected chi connectivity index (χ4v) is 2.96. The van der Waals surface area contributed by atoms with Gasteiger partial charge < -0.3 is 15.2 Å². The highest BCUT2D eigenvalue weighted by atomic mass is 16.5. The summed E-state index contributed by atoms with van der Waals surface area (Å²) in [6.07, 6.45) is 1.82. The summed E-state index contributed by atoms with van der Waals surface area (Å²) >= 11 is 0. The minimum atomic E-state index is 0.275. The monoisotopic (exact) mass is 345 g/mol. The van der Waals surface area contributed by atoms with Gasteiger partial charge in [-0.15, -0.1) is 0 Å². The number of imidazole rings is 1. The maximum Gasteiger partial charge on any atom is 0.120 e. The van der Waals surface area contributed by atoms with Crippen LogP contribution in [0.5, 0.6) is 11.5 Å². The first kappa shape index (κ1) is 16.0. The summed E-state index contributed by atoms with van der Waals surface area (Å²) < 4.78 is 7.34. The van der Waals surface area contributed by atoms with E-state index in [1.807, 2.05) is 65.5 Å². The number of phenolic OH excluding ortho intramolecular Hbond substituents is 1. The van der Waals surface area contributed by atoms with Crippen molar-refractivity contribution in [2.45, 2.75) is 6.54 Å². The van der Waals surface area contributed by atoms with Gasteiger partial charge in [-0.1, -0.05) is 18.2 Å². The average Bonchev–Trinajstić information content (AvgIpc) is 3.10. The third kappa shape index (κ3) is 3.19. The number of hydrogen-bond donors (Lipinski definition) is 2. The molecule has 3 aromatic carbocycles. The molecule has 130 valence electrons. The van der Waals surface area contributed by atoms with Crippen LogP contribution >= 0.6 is 0 Å². The molecule has 26 heavy (non-hydrogen) atoms. The smallest absolute Gasteiger partial charge is 0.120 e. The number of nitrogens with zero attached hydrogens (tertiary/aromatic N) is 2. The lowest BCUT2D eigenvalue weighted by atomic mass is 10.2. The predicted octanol–water partition coefficient (Wildman–Crippen LogP) is 4.35. The summed E-state index contributed by atoms with van der Waals surface area (Å²) in [6, 6.07) is 21.2. The molecule has 0 bridgehead atoms. The summed E-state index contributed by atoms with van der Waals surface area (Å²) in [6.45, 7) is 0.635. The van der Waals surface area contributed by atoms with Crippen LogP contribution in [0.2, 0.25) is 0 Å². The van der Waals surface area contributed by atoms with Gasteiger partial charge in [0.05, 0.1) is 23.8 Å². The number of ether oxygens (including phenoxy) is 1. The van der Waals surface area contributed by atoms with Crippen LogP contribution < -0.4 is 10.1 Å². The first-order valence-corrected chi connectivity index (χ1v) is 8.36. The van der Waals surface area contributed by atoms with Gasteiger partial charge in [-0.3, -0.25) is 4.57 Å². The number of fused-ring (bicyclic) bond motifs is 1. The van der Waals surface area contributed by atoms with Crippen molar-refractivity contribution in [3.63, 3.8) is 0 Å². The van der Waals surface area contributed by atoms with Gasteiger partial charge in [0.15, 0.2) is 0 Å². The van der Waals surface area contributed by atoms with E-state index >= 15 is 0 Å². The van der Waals surface area contributed by atoms with E-state index in [2.05, 4.69) is 10.3 Å². The Morgan fingerprint density at radius 3 is 2.77 bits per heavy atom. The number of aromatic nitrogens is 2. The number of anilines is 1. The van der Waals surface area contributed by atoms with E-state index in [9.17, 15) is 5.11 Å². The SMILES string of the molecule is COc1cccc(-n2cnc3cc(NCc4cccc(O)c4)ccc32)c1. The Balaban J connectivity index is 1.59. The molecule has 0 spiro atoms. The number of rotatable bonds is 5. The quantitative estimate of drug-likeness (QED) is 0.564. The number of hydrogen-bond acceptors (Lipinski definition) is 4. The van der Waals surface area contributed by atoms with Gasteiger partial charge in [0, 0.05) is 18.3 Å². The molecule has 4 aromatic rings. The Labute approximate surface area is 151 Å². The minimum Gasteiger partial charge on any atom is -0.508 e. The highest BCUT2D eigenvalue weighted by Crippen LogP contribution is 2.24. The summed E-state index contributed by atoms with van der Waals surface area (Å²) in [4.78, 5) is 4.52. The highest BCUT2D eigenvalue weighted by Gasteiger charge is 2.07. The molecule has 0 fully saturated rings. The van der Waals surface area contributed by atoms with Crippen LogP contribution in [0.15, 0.2) is 73.1 Å². The van der Waals surface area contributed by atoms with Crippen molar-refractivity contribution in [2.24, 2.45) is 0 Å². The van der Waals surface area contributed by atoms with E-state index in [0.29, 0.717) is 6.54 Å². The van der Waals surface area contributed by atoms with Crippen molar-refractivity contribution in [3.8, 4) is 17.2 Å². The molecule has 0 saturated carbocycles. The maximum atomic E-state index is 9.55. The van der Waals surface area contributed by atoms with Crippen LogP contribution in [-0.4, -0.2) is 21.8 Å². The molecule has 0 aliphatic carbocycles. The molecular formula is C21H19N3O2. The lowest BCUT2D eigenvalue weighted by Gasteiger charge is -2.09. The fourth-order valence-electron chi connectivity index (χ4n) is 2.96. The van der Waals surface area contributed by atoms with Crippen molar-refractivity contribution in [1.82, 2.24) is 9.55 Å². The molecule has 1 aromatic heterocycles. The van der Waals surface area contributed by atoms with Gasteiger partial charge in [0.25, 0.3) is 0 Å². The van der Waals surface area contributed by atoms with E-state index < -0.39 is 0 Å². The van der Waals surface area contributed by atoms with Crippen LogP contribution in [0.4, 0.5) is 5.69 Å². The molecule has 0 aliphatic heterocycles. The Bertz CT molecular complexity index is 1060. The standard InChI is InChI=1S/C21H19N3O2/c1-26-19-7-3-5-17(12-19)24-14-23-20-11-16(8-9-21(20)24)22-13-15-4-2-6-18(25)10-15/h2-12,14,22,25H,13H2,1H3. The van der Waals surface area contributed by atoms with Gasteiger partial charge in [-0.25, -0.2) is 4.98 Å². The van der Waals surface area contributed by atoms with Crippen LogP contribution in [-0.2, 0) is 6.54 Å². The molecule has 0 unspecified atom stereocenters. The summed E-state index contributed by atoms with van der Waals surface area (Å²) in [7, 11) is 1.66. The summed E-state index contributed by atoms with van der Waals surface area (Å²) in [5, 5.41) is 12.9. The molecule has 0 radical (unpaired) electrons. The normalized spacial score (nSPS) is 10.8. The zero-order chi connectivity index (χ0) is 17.9. The maximum absolute atomic E-state index is 9.55. The first-order chi connectivity index (χ1) is 12.7. The number of phenols is 1. The molecule has 0 aliphatic rings. The van der Waals surface area contributed by atoms with E-state index in [4.69, 9.17) is 4.74 Å². The van der Waals surface area contributed by atoms with E-state index in [1.165, 1.54) is 0 Å². The Kier molecular flexibility index (Phi) is 4.19. The van der Waals surface area contributed by atoms with Crippen molar-refractivity contribution in [1.29, 1.82) is 0 Å². The van der Waals surface area contributed by atoms with Crippen LogP contribution in [0, 0.1) is 0 Å². The molecular weight excluding hydrogens is 326 g/mol. The molecule has 5 nitrogen and oxygen atoms in total. The van der Waals surface area contributed by atoms with Crippen molar-refractivity contribution in [3.05, 3.63) is 78.6 Å². The molecule has 5 heteroatoms. The van der Waals surface area contributed by atoms with Gasteiger partial charge in [0.2, 0.25) is 0 Å².